The maximum Gasteiger partial charge on any atom is 0.673 e. The predicted molar refractivity (Wildman–Crippen MR) is 112 cm³/mol. The smallest absolute Gasteiger partial charge is 0.418 e. The van der Waals surface area contributed by atoms with Crippen LogP contribution in [0.5, 0.6) is 0 Å². The summed E-state index contributed by atoms with van der Waals surface area (Å²) in [5.74, 6) is 0.106. The fraction of sp³-hybridized carbons (Fsp3) is 0.143. The number of methoxy groups -OCH3 is 1. The minimum Gasteiger partial charge on any atom is -0.418 e. The van der Waals surface area contributed by atoms with Crippen LogP contribution < -0.4 is 15.9 Å². The summed E-state index contributed by atoms with van der Waals surface area (Å²) < 4.78 is 44.9. The van der Waals surface area contributed by atoms with Gasteiger partial charge in [-0.1, -0.05) is 54.6 Å². The molecule has 0 aliphatic rings. The minimum atomic E-state index is -6.00. The van der Waals surface area contributed by atoms with E-state index < -0.39 is 14.5 Å². The lowest BCUT2D eigenvalue weighted by Gasteiger charge is -2.31. The molecule has 1 unspecified atom stereocenters. The molecule has 0 heterocycles. The molecule has 0 N–H and O–H groups in total. The topological polar surface area (TPSA) is 9.23 Å². The summed E-state index contributed by atoms with van der Waals surface area (Å²) in [4.78, 5) is 0. The number of rotatable bonds is 5. The van der Waals surface area contributed by atoms with Crippen molar-refractivity contribution in [2.24, 2.45) is 0 Å². The second kappa shape index (κ2) is 9.86. The Bertz CT molecular complexity index is 727. The molecule has 1 atom stereocenters. The highest BCUT2D eigenvalue weighted by Crippen LogP contribution is 2.59. The molecule has 3 aromatic rings. The van der Waals surface area contributed by atoms with Crippen molar-refractivity contribution in [3.8, 4) is 0 Å². The molecule has 0 saturated carbocycles. The zero-order chi connectivity index (χ0) is 20.6. The fourth-order valence-corrected chi connectivity index (χ4v) is 7.62. The van der Waals surface area contributed by atoms with Crippen LogP contribution in [0.3, 0.4) is 0 Å². The Morgan fingerprint density at radius 1 is 0.643 bits per heavy atom. The molecule has 0 bridgehead atoms. The highest BCUT2D eigenvalue weighted by Gasteiger charge is 2.50. The Morgan fingerprint density at radius 3 is 1.11 bits per heavy atom. The van der Waals surface area contributed by atoms with E-state index in [0.717, 1.165) is 0 Å². The van der Waals surface area contributed by atoms with Crippen molar-refractivity contribution in [3.63, 3.8) is 0 Å². The van der Waals surface area contributed by atoms with Gasteiger partial charge in [0.05, 0.1) is 0 Å². The van der Waals surface area contributed by atoms with Crippen molar-refractivity contribution in [2.45, 2.75) is 12.8 Å². The van der Waals surface area contributed by atoms with Crippen LogP contribution in [0.15, 0.2) is 91.0 Å². The molecular weight excluding hydrogens is 386 g/mol. The minimum absolute atomic E-state index is 0.106. The van der Waals surface area contributed by atoms with Crippen molar-refractivity contribution < 1.29 is 22.0 Å². The molecule has 148 valence electrons. The van der Waals surface area contributed by atoms with Crippen molar-refractivity contribution in [1.82, 2.24) is 0 Å². The van der Waals surface area contributed by atoms with E-state index in [9.17, 15) is 17.3 Å². The number of hydrogen-bond donors (Lipinski definition) is 0. The lowest BCUT2D eigenvalue weighted by atomic mass is 10.3. The number of ether oxygens (including phenoxy) is 1. The average molecular weight is 408 g/mol. The van der Waals surface area contributed by atoms with E-state index in [0.29, 0.717) is 0 Å². The molecule has 0 aliphatic carbocycles. The lowest BCUT2D eigenvalue weighted by Crippen LogP contribution is -2.38. The van der Waals surface area contributed by atoms with E-state index in [2.05, 4.69) is 97.9 Å². The van der Waals surface area contributed by atoms with E-state index in [1.54, 1.807) is 0 Å². The van der Waals surface area contributed by atoms with Gasteiger partial charge in [-0.2, -0.15) is 0 Å². The molecule has 1 nitrogen and oxygen atoms in total. The zero-order valence-corrected chi connectivity index (χ0v) is 16.6. The quantitative estimate of drug-likeness (QED) is 0.318. The first-order valence-corrected chi connectivity index (χ1v) is 10.6. The van der Waals surface area contributed by atoms with Crippen molar-refractivity contribution in [2.75, 3.05) is 7.11 Å². The first kappa shape index (κ1) is 22.1. The molecule has 7 heteroatoms. The van der Waals surface area contributed by atoms with E-state index in [1.165, 1.54) is 15.9 Å². The van der Waals surface area contributed by atoms with Gasteiger partial charge in [-0.25, -0.2) is 0 Å². The highest BCUT2D eigenvalue weighted by atomic mass is 31.2. The molecule has 3 aromatic carbocycles. The molecule has 0 fully saturated rings. The van der Waals surface area contributed by atoms with Gasteiger partial charge >= 0.3 is 7.25 Å². The maximum absolute atomic E-state index is 9.75. The first-order chi connectivity index (χ1) is 13.3. The first-order valence-electron chi connectivity index (χ1n) is 8.76. The van der Waals surface area contributed by atoms with E-state index in [4.69, 9.17) is 4.74 Å². The van der Waals surface area contributed by atoms with E-state index in [1.807, 2.05) is 7.11 Å². The number of benzene rings is 3. The van der Waals surface area contributed by atoms with Crippen LogP contribution in [0.2, 0.25) is 0 Å². The summed E-state index contributed by atoms with van der Waals surface area (Å²) in [7, 11) is -6.05. The van der Waals surface area contributed by atoms with Crippen LogP contribution in [0, 0.1) is 0 Å². The van der Waals surface area contributed by atoms with Crippen LogP contribution in [-0.2, 0) is 4.74 Å². The maximum atomic E-state index is 9.75. The molecule has 0 amide bonds. The van der Waals surface area contributed by atoms with Gasteiger partial charge in [-0.15, -0.1) is 0 Å². The van der Waals surface area contributed by atoms with Crippen molar-refractivity contribution in [3.05, 3.63) is 91.0 Å². The SMILES string of the molecule is COC(C)[P+](c1ccccc1)(c1ccccc1)c1ccccc1.F[B-](F)(F)F. The van der Waals surface area contributed by atoms with Gasteiger partial charge in [0.25, 0.3) is 0 Å². The Labute approximate surface area is 163 Å². The standard InChI is InChI=1S/C21H22OP.BF4/c1-18(22-2)23(19-12-6-3-7-13-19,20-14-8-4-9-15-20)21-16-10-5-11-17-21;2-1(3,4)5/h3-18H,1-2H3;/q+1;-1. The van der Waals surface area contributed by atoms with Gasteiger partial charge in [-0.3, -0.25) is 0 Å². The molecular formula is C21H22BF4OP. The van der Waals surface area contributed by atoms with Crippen LogP contribution in [0.4, 0.5) is 17.3 Å². The third kappa shape index (κ3) is 5.43. The van der Waals surface area contributed by atoms with Gasteiger partial charge in [0.15, 0.2) is 5.85 Å². The van der Waals surface area contributed by atoms with Gasteiger partial charge in [0.2, 0.25) is 0 Å². The normalized spacial score (nSPS) is 12.6. The van der Waals surface area contributed by atoms with Crippen LogP contribution in [-0.4, -0.2) is 20.2 Å². The molecule has 3 rings (SSSR count). The third-order valence-corrected chi connectivity index (χ3v) is 9.02. The van der Waals surface area contributed by atoms with Gasteiger partial charge in [-0.05, 0) is 43.3 Å². The van der Waals surface area contributed by atoms with E-state index in [-0.39, 0.29) is 5.85 Å². The second-order valence-corrected chi connectivity index (χ2v) is 9.78. The van der Waals surface area contributed by atoms with Crippen LogP contribution in [0.1, 0.15) is 6.92 Å². The summed E-state index contributed by atoms with van der Waals surface area (Å²) in [5, 5.41) is 4.06. The van der Waals surface area contributed by atoms with E-state index >= 15 is 0 Å². The molecule has 0 saturated heterocycles. The highest BCUT2D eigenvalue weighted by molar-refractivity contribution is 7.96. The summed E-state index contributed by atoms with van der Waals surface area (Å²) >= 11 is 0. The van der Waals surface area contributed by atoms with Crippen LogP contribution >= 0.6 is 7.26 Å². The lowest BCUT2D eigenvalue weighted by molar-refractivity contribution is 0.183. The summed E-state index contributed by atoms with van der Waals surface area (Å²) in [6, 6.07) is 32.4. The molecule has 0 radical (unpaired) electrons. The zero-order valence-electron chi connectivity index (χ0n) is 15.7. The molecule has 0 aliphatic heterocycles. The predicted octanol–water partition coefficient (Wildman–Crippen LogP) is 5.27. The fourth-order valence-electron chi connectivity index (χ4n) is 3.22. The molecule has 0 spiro atoms. The van der Waals surface area contributed by atoms with Crippen molar-refractivity contribution >= 4 is 30.4 Å². The Hall–Kier alpha value is -2.17. The summed E-state index contributed by atoms with van der Waals surface area (Å²) in [6.07, 6.45) is 0. The monoisotopic (exact) mass is 408 g/mol. The molecule has 28 heavy (non-hydrogen) atoms. The average Bonchev–Trinajstić information content (AvgIpc) is 2.70. The van der Waals surface area contributed by atoms with Crippen LogP contribution in [0.25, 0.3) is 0 Å². The summed E-state index contributed by atoms with van der Waals surface area (Å²) in [6.45, 7) is 2.20. The Balaban J connectivity index is 0.000000500. The number of halogens is 4. The Morgan fingerprint density at radius 2 is 0.893 bits per heavy atom. The number of hydrogen-bond acceptors (Lipinski definition) is 1. The Kier molecular flexibility index (Phi) is 7.79. The van der Waals surface area contributed by atoms with Gasteiger partial charge in [0.1, 0.15) is 23.2 Å². The van der Waals surface area contributed by atoms with Gasteiger partial charge < -0.3 is 22.0 Å². The second-order valence-electron chi connectivity index (χ2n) is 6.06. The van der Waals surface area contributed by atoms with Crippen molar-refractivity contribution in [1.29, 1.82) is 0 Å². The third-order valence-electron chi connectivity index (χ3n) is 4.38. The van der Waals surface area contributed by atoms with Gasteiger partial charge in [0, 0.05) is 7.11 Å². The largest absolute Gasteiger partial charge is 0.673 e. The molecule has 0 aromatic heterocycles. The summed E-state index contributed by atoms with van der Waals surface area (Å²) in [5.41, 5.74) is 0.